The van der Waals surface area contributed by atoms with Crippen molar-refractivity contribution in [2.24, 2.45) is 0 Å². The van der Waals surface area contributed by atoms with Gasteiger partial charge in [0.05, 0.1) is 30.7 Å². The molecule has 0 aliphatic carbocycles. The van der Waals surface area contributed by atoms with Crippen LogP contribution in [0.15, 0.2) is 61.1 Å². The summed E-state index contributed by atoms with van der Waals surface area (Å²) in [5.74, 6) is -0.410. The van der Waals surface area contributed by atoms with Gasteiger partial charge in [-0.15, -0.1) is 0 Å². The van der Waals surface area contributed by atoms with Crippen LogP contribution in [-0.2, 0) is 4.74 Å². The Hall–Kier alpha value is -4.11. The number of nitrogens with two attached hydrogens (primary N) is 1. The summed E-state index contributed by atoms with van der Waals surface area (Å²) in [7, 11) is 0. The fourth-order valence-electron chi connectivity index (χ4n) is 3.85. The second-order valence-electron chi connectivity index (χ2n) is 7.49. The Bertz CT molecular complexity index is 1280. The lowest BCUT2D eigenvalue weighted by Gasteiger charge is -2.28. The number of nitrogens with zero attached hydrogens (tertiary/aromatic N) is 4. The first-order valence-electron chi connectivity index (χ1n) is 10.3. The molecule has 4 aromatic rings. The molecule has 4 N–H and O–H groups in total. The minimum absolute atomic E-state index is 0.139. The third-order valence-electron chi connectivity index (χ3n) is 5.51. The lowest BCUT2D eigenvalue weighted by Crippen LogP contribution is -2.36. The van der Waals surface area contributed by atoms with E-state index in [1.54, 1.807) is 18.5 Å². The molecule has 1 fully saturated rings. The average Bonchev–Trinajstić information content (AvgIpc) is 3.31. The molecule has 0 bridgehead atoms. The van der Waals surface area contributed by atoms with Gasteiger partial charge in [0.15, 0.2) is 11.5 Å². The van der Waals surface area contributed by atoms with Gasteiger partial charge in [0, 0.05) is 48.1 Å². The molecular weight excluding hydrogens is 408 g/mol. The highest BCUT2D eigenvalue weighted by Gasteiger charge is 2.15. The first-order valence-corrected chi connectivity index (χ1v) is 10.3. The summed E-state index contributed by atoms with van der Waals surface area (Å²) in [5.41, 5.74) is 10.7. The monoisotopic (exact) mass is 430 g/mol. The van der Waals surface area contributed by atoms with Gasteiger partial charge in [-0.3, -0.25) is 4.40 Å². The average molecular weight is 430 g/mol. The smallest absolute Gasteiger partial charge is 0.335 e. The number of rotatable bonds is 5. The molecule has 1 saturated heterocycles. The van der Waals surface area contributed by atoms with Crippen LogP contribution in [0.1, 0.15) is 10.4 Å². The molecule has 1 aliphatic rings. The zero-order chi connectivity index (χ0) is 22.1. The van der Waals surface area contributed by atoms with Gasteiger partial charge in [-0.1, -0.05) is 0 Å². The predicted octanol–water partition coefficient (Wildman–Crippen LogP) is 3.26. The lowest BCUT2D eigenvalue weighted by atomic mass is 10.1. The van der Waals surface area contributed by atoms with Crippen LogP contribution in [-0.4, -0.2) is 51.7 Å². The van der Waals surface area contributed by atoms with Crippen molar-refractivity contribution >= 4 is 34.5 Å². The fraction of sp³-hybridized carbons (Fsp3) is 0.174. The number of carbonyl (C=O) groups is 1. The molecule has 2 aromatic heterocycles. The van der Waals surface area contributed by atoms with E-state index in [0.717, 1.165) is 43.4 Å². The summed E-state index contributed by atoms with van der Waals surface area (Å²) in [6, 6.07) is 12.9. The number of benzene rings is 2. The third-order valence-corrected chi connectivity index (χ3v) is 5.51. The number of anilines is 4. The molecule has 9 heteroatoms. The first kappa shape index (κ1) is 19.8. The van der Waals surface area contributed by atoms with E-state index in [4.69, 9.17) is 10.5 Å². The molecule has 0 atom stereocenters. The highest BCUT2D eigenvalue weighted by Crippen LogP contribution is 2.30. The molecule has 0 saturated carbocycles. The van der Waals surface area contributed by atoms with Gasteiger partial charge in [-0.05, 0) is 42.5 Å². The molecule has 1 aliphatic heterocycles. The van der Waals surface area contributed by atoms with Crippen molar-refractivity contribution in [2.45, 2.75) is 0 Å². The number of imidazole rings is 1. The molecule has 0 spiro atoms. The van der Waals surface area contributed by atoms with Crippen LogP contribution < -0.4 is 16.0 Å². The number of nitrogens with one attached hydrogen (secondary N) is 1. The number of morpholine rings is 1. The zero-order valence-electron chi connectivity index (χ0n) is 17.2. The van der Waals surface area contributed by atoms with Crippen LogP contribution in [0.4, 0.5) is 22.9 Å². The van der Waals surface area contributed by atoms with Crippen LogP contribution in [0.25, 0.3) is 16.9 Å². The van der Waals surface area contributed by atoms with Crippen molar-refractivity contribution in [3.05, 3.63) is 66.6 Å². The second-order valence-corrected chi connectivity index (χ2v) is 7.49. The lowest BCUT2D eigenvalue weighted by molar-refractivity contribution is 0.0697. The zero-order valence-corrected chi connectivity index (χ0v) is 17.2. The maximum atomic E-state index is 11.2. The number of hydrogen-bond acceptors (Lipinski definition) is 7. The number of fused-ring (bicyclic) bond motifs is 1. The molecule has 32 heavy (non-hydrogen) atoms. The Labute approximate surface area is 184 Å². The van der Waals surface area contributed by atoms with E-state index < -0.39 is 5.97 Å². The van der Waals surface area contributed by atoms with Crippen LogP contribution in [0, 0.1) is 0 Å². The van der Waals surface area contributed by atoms with Crippen molar-refractivity contribution in [3.63, 3.8) is 0 Å². The molecular formula is C23H22N6O3. The summed E-state index contributed by atoms with van der Waals surface area (Å²) < 4.78 is 7.30. The fourth-order valence-corrected chi connectivity index (χ4v) is 3.85. The predicted molar refractivity (Wildman–Crippen MR) is 123 cm³/mol. The van der Waals surface area contributed by atoms with Gasteiger partial charge in [-0.2, -0.15) is 0 Å². The number of carboxylic acids is 1. The van der Waals surface area contributed by atoms with Crippen molar-refractivity contribution in [1.82, 2.24) is 14.4 Å². The van der Waals surface area contributed by atoms with Crippen LogP contribution >= 0.6 is 0 Å². The van der Waals surface area contributed by atoms with E-state index >= 15 is 0 Å². The molecule has 0 radical (unpaired) electrons. The maximum Gasteiger partial charge on any atom is 0.335 e. The van der Waals surface area contributed by atoms with E-state index in [0.29, 0.717) is 22.7 Å². The normalized spacial score (nSPS) is 13.9. The minimum Gasteiger partial charge on any atom is -0.478 e. The summed E-state index contributed by atoms with van der Waals surface area (Å²) in [6.07, 6.45) is 5.21. The Balaban J connectivity index is 1.43. The molecule has 9 nitrogen and oxygen atoms in total. The maximum absolute atomic E-state index is 11.2. The molecule has 0 unspecified atom stereocenters. The number of nitrogen functional groups attached to an aromatic ring is 1. The Morgan fingerprint density at radius 2 is 1.88 bits per heavy atom. The largest absolute Gasteiger partial charge is 0.478 e. The highest BCUT2D eigenvalue weighted by molar-refractivity contribution is 5.91. The van der Waals surface area contributed by atoms with E-state index in [1.165, 1.54) is 12.1 Å². The number of ether oxygens (including phenoxy) is 1. The van der Waals surface area contributed by atoms with Crippen molar-refractivity contribution in [3.8, 4) is 11.3 Å². The number of aromatic nitrogens is 3. The Morgan fingerprint density at radius 3 is 2.59 bits per heavy atom. The van der Waals surface area contributed by atoms with Gasteiger partial charge in [0.1, 0.15) is 0 Å². The molecule has 3 heterocycles. The van der Waals surface area contributed by atoms with Gasteiger partial charge in [-0.25, -0.2) is 14.8 Å². The molecule has 0 amide bonds. The van der Waals surface area contributed by atoms with Crippen LogP contribution in [0.2, 0.25) is 0 Å². The van der Waals surface area contributed by atoms with E-state index in [2.05, 4.69) is 32.3 Å². The first-order chi connectivity index (χ1) is 15.6. The molecule has 162 valence electrons. The SMILES string of the molecule is Nc1cc(C(=O)O)ccc1-c1cnc(Nc2ccc(N3CCOCC3)cc2)c2nccn12. The Morgan fingerprint density at radius 1 is 1.09 bits per heavy atom. The van der Waals surface area contributed by atoms with Crippen LogP contribution in [0.5, 0.6) is 0 Å². The summed E-state index contributed by atoms with van der Waals surface area (Å²) in [6.45, 7) is 3.28. The Kier molecular flexibility index (Phi) is 5.08. The van der Waals surface area contributed by atoms with Gasteiger partial charge in [0.2, 0.25) is 0 Å². The highest BCUT2D eigenvalue weighted by atomic mass is 16.5. The summed E-state index contributed by atoms with van der Waals surface area (Å²) in [4.78, 5) is 22.5. The van der Waals surface area contributed by atoms with E-state index in [9.17, 15) is 9.90 Å². The van der Waals surface area contributed by atoms with Gasteiger partial charge in [0.25, 0.3) is 0 Å². The van der Waals surface area contributed by atoms with Crippen molar-refractivity contribution < 1.29 is 14.6 Å². The second kappa shape index (κ2) is 8.20. The number of aromatic carboxylic acids is 1. The third kappa shape index (κ3) is 3.69. The molecule has 5 rings (SSSR count). The van der Waals surface area contributed by atoms with Crippen LogP contribution in [0.3, 0.4) is 0 Å². The summed E-state index contributed by atoms with van der Waals surface area (Å²) >= 11 is 0. The number of hydrogen-bond donors (Lipinski definition) is 3. The standard InChI is InChI=1S/C23H22N6O3/c24-19-13-15(23(30)31)1-6-18(19)20-14-26-21(22-25-7-8-29(20)22)27-16-2-4-17(5-3-16)28-9-11-32-12-10-28/h1-8,13-14H,9-12,24H2,(H,26,27)(H,30,31). The van der Waals surface area contributed by atoms with Crippen molar-refractivity contribution in [2.75, 3.05) is 42.3 Å². The van der Waals surface area contributed by atoms with Crippen molar-refractivity contribution in [1.29, 1.82) is 0 Å². The molecule has 2 aromatic carbocycles. The number of carboxylic acid groups (broad SMARTS) is 1. The topological polar surface area (TPSA) is 118 Å². The van der Waals surface area contributed by atoms with E-state index in [1.807, 2.05) is 22.7 Å². The quantitative estimate of drug-likeness (QED) is 0.413. The minimum atomic E-state index is -1.02. The van der Waals surface area contributed by atoms with Gasteiger partial charge >= 0.3 is 5.97 Å². The van der Waals surface area contributed by atoms with Gasteiger partial charge < -0.3 is 25.8 Å². The van der Waals surface area contributed by atoms with E-state index in [-0.39, 0.29) is 5.56 Å². The summed E-state index contributed by atoms with van der Waals surface area (Å²) in [5, 5.41) is 12.5.